The van der Waals surface area contributed by atoms with Crippen molar-refractivity contribution in [3.63, 3.8) is 0 Å². The summed E-state index contributed by atoms with van der Waals surface area (Å²) in [4.78, 5) is 15.3. The van der Waals surface area contributed by atoms with E-state index in [0.717, 1.165) is 0 Å². The predicted octanol–water partition coefficient (Wildman–Crippen LogP) is 4.23. The van der Waals surface area contributed by atoms with Gasteiger partial charge in [0.1, 0.15) is 0 Å². The number of hydrogen-bond donors (Lipinski definition) is 2. The maximum Gasteiger partial charge on any atom is 0.240 e. The molecule has 0 spiro atoms. The second-order valence-corrected chi connectivity index (χ2v) is 8.69. The zero-order valence-corrected chi connectivity index (χ0v) is 17.2. The summed E-state index contributed by atoms with van der Waals surface area (Å²) in [6.45, 7) is 1.61. The van der Waals surface area contributed by atoms with Crippen LogP contribution in [0.15, 0.2) is 72.8 Å². The maximum atomic E-state index is 13.4. The van der Waals surface area contributed by atoms with Crippen molar-refractivity contribution < 1.29 is 9.90 Å². The van der Waals surface area contributed by atoms with Crippen molar-refractivity contribution >= 4 is 27.5 Å². The Hall–Kier alpha value is -3.21. The van der Waals surface area contributed by atoms with Gasteiger partial charge >= 0.3 is 0 Å². The summed E-state index contributed by atoms with van der Waals surface area (Å²) in [6, 6.07) is 25.3. The highest BCUT2D eigenvalue weighted by Crippen LogP contribution is 2.42. The molecule has 2 atom stereocenters. The largest absolute Gasteiger partial charge is 0.392 e. The van der Waals surface area contributed by atoms with E-state index in [-0.39, 0.29) is 11.9 Å². The summed E-state index contributed by atoms with van der Waals surface area (Å²) >= 11 is 0. The molecule has 4 aromatic rings. The smallest absolute Gasteiger partial charge is 0.240 e. The highest BCUT2D eigenvalue weighted by atomic mass is 16.3. The average Bonchev–Trinajstić information content (AvgIpc) is 3.16. The van der Waals surface area contributed by atoms with Gasteiger partial charge in [0.05, 0.1) is 12.1 Å². The van der Waals surface area contributed by atoms with Crippen molar-refractivity contribution in [2.75, 3.05) is 6.54 Å². The number of amides is 1. The van der Waals surface area contributed by atoms with E-state index in [1.165, 1.54) is 43.8 Å². The van der Waals surface area contributed by atoms with E-state index in [4.69, 9.17) is 0 Å². The van der Waals surface area contributed by atoms with Gasteiger partial charge in [0.15, 0.2) is 0 Å². The lowest BCUT2D eigenvalue weighted by molar-refractivity contribution is -0.134. The molecule has 31 heavy (non-hydrogen) atoms. The second-order valence-electron chi connectivity index (χ2n) is 8.69. The lowest BCUT2D eigenvalue weighted by atomic mass is 9.88. The van der Waals surface area contributed by atoms with E-state index in [9.17, 15) is 9.90 Å². The third-order valence-electron chi connectivity index (χ3n) is 6.72. The summed E-state index contributed by atoms with van der Waals surface area (Å²) in [5.74, 6) is 0.0664. The zero-order chi connectivity index (χ0) is 20.9. The van der Waals surface area contributed by atoms with Crippen LogP contribution in [0.2, 0.25) is 0 Å². The molecule has 0 aliphatic carbocycles. The Morgan fingerprint density at radius 3 is 1.87 bits per heavy atom. The minimum Gasteiger partial charge on any atom is -0.392 e. The molecule has 1 fully saturated rings. The fourth-order valence-corrected chi connectivity index (χ4v) is 5.24. The number of aliphatic hydroxyl groups excluding tert-OH is 1. The number of benzene rings is 4. The number of carbonyl (C=O) groups is 1. The molecular weight excluding hydrogens is 384 g/mol. The summed E-state index contributed by atoms with van der Waals surface area (Å²) in [5, 5.41) is 18.0. The van der Waals surface area contributed by atoms with Gasteiger partial charge < -0.3 is 15.3 Å². The van der Waals surface area contributed by atoms with Gasteiger partial charge in [0.2, 0.25) is 5.91 Å². The summed E-state index contributed by atoms with van der Waals surface area (Å²) in [7, 11) is 0. The molecular formula is C27H24N2O2. The van der Waals surface area contributed by atoms with Gasteiger partial charge in [0, 0.05) is 19.6 Å². The number of nitrogens with zero attached hydrogens (tertiary/aromatic N) is 1. The Kier molecular flexibility index (Phi) is 4.30. The van der Waals surface area contributed by atoms with Crippen LogP contribution in [0, 0.1) is 0 Å². The Balaban J connectivity index is 1.59. The van der Waals surface area contributed by atoms with E-state index in [0.29, 0.717) is 26.1 Å². The SMILES string of the molecule is O=C([C@@H]1C[C@@H](O)CN1)N1Cc2ccc3ccccc3c2-c2c(ccc3ccccc23)C1. The molecule has 4 nitrogen and oxygen atoms in total. The van der Waals surface area contributed by atoms with Gasteiger partial charge in [0.25, 0.3) is 0 Å². The number of carbonyl (C=O) groups excluding carboxylic acids is 1. The third kappa shape index (κ3) is 3.02. The first-order valence-electron chi connectivity index (χ1n) is 10.9. The van der Waals surface area contributed by atoms with Crippen LogP contribution in [0.1, 0.15) is 17.5 Å². The lowest BCUT2D eigenvalue weighted by Gasteiger charge is -2.25. The molecule has 1 saturated heterocycles. The predicted molar refractivity (Wildman–Crippen MR) is 124 cm³/mol. The van der Waals surface area contributed by atoms with Crippen molar-refractivity contribution in [1.82, 2.24) is 10.2 Å². The third-order valence-corrected chi connectivity index (χ3v) is 6.72. The Bertz CT molecular complexity index is 1240. The maximum absolute atomic E-state index is 13.4. The highest BCUT2D eigenvalue weighted by Gasteiger charge is 2.33. The average molecular weight is 409 g/mol. The van der Waals surface area contributed by atoms with Crippen LogP contribution in [0.5, 0.6) is 0 Å². The quantitative estimate of drug-likeness (QED) is 0.496. The lowest BCUT2D eigenvalue weighted by Crippen LogP contribution is -2.42. The fourth-order valence-electron chi connectivity index (χ4n) is 5.24. The second kappa shape index (κ2) is 7.19. The standard InChI is InChI=1S/C27H24N2O2/c30-21-13-24(28-14-21)27(31)29-15-19-11-9-17-5-1-3-7-22(17)25(19)26-20(16-29)12-10-18-6-2-4-8-23(18)26/h1-12,21,24,28,30H,13-16H2/t21-,24+/m1/s1. The number of hydrogen-bond acceptors (Lipinski definition) is 3. The molecule has 2 N–H and O–H groups in total. The van der Waals surface area contributed by atoms with Crippen molar-refractivity contribution in [2.45, 2.75) is 31.7 Å². The van der Waals surface area contributed by atoms with Crippen LogP contribution in [0.25, 0.3) is 32.7 Å². The Morgan fingerprint density at radius 1 is 0.806 bits per heavy atom. The van der Waals surface area contributed by atoms with Crippen molar-refractivity contribution in [2.24, 2.45) is 0 Å². The van der Waals surface area contributed by atoms with E-state index >= 15 is 0 Å². The Morgan fingerprint density at radius 2 is 1.35 bits per heavy atom. The molecule has 4 aromatic carbocycles. The van der Waals surface area contributed by atoms with Crippen LogP contribution in [0.4, 0.5) is 0 Å². The molecule has 2 aliphatic rings. The minimum atomic E-state index is -0.451. The molecule has 0 saturated carbocycles. The number of aliphatic hydroxyl groups is 1. The molecule has 2 heterocycles. The van der Waals surface area contributed by atoms with Crippen LogP contribution in [0.3, 0.4) is 0 Å². The fraction of sp³-hybridized carbons (Fsp3) is 0.222. The first kappa shape index (κ1) is 18.6. The zero-order valence-electron chi connectivity index (χ0n) is 17.2. The highest BCUT2D eigenvalue weighted by molar-refractivity contribution is 6.08. The number of fused-ring (bicyclic) bond motifs is 7. The van der Waals surface area contributed by atoms with Gasteiger partial charge in [-0.25, -0.2) is 0 Å². The van der Waals surface area contributed by atoms with Gasteiger partial charge in [-0.1, -0.05) is 72.8 Å². The molecule has 0 unspecified atom stereocenters. The van der Waals surface area contributed by atoms with Crippen LogP contribution >= 0.6 is 0 Å². The molecule has 6 rings (SSSR count). The Labute approximate surface area is 181 Å². The number of rotatable bonds is 1. The van der Waals surface area contributed by atoms with E-state index in [1.807, 2.05) is 4.90 Å². The summed E-state index contributed by atoms with van der Waals surface area (Å²) in [5.41, 5.74) is 4.81. The van der Waals surface area contributed by atoms with Crippen molar-refractivity contribution in [1.29, 1.82) is 0 Å². The molecule has 4 heteroatoms. The van der Waals surface area contributed by atoms with E-state index < -0.39 is 6.10 Å². The van der Waals surface area contributed by atoms with Crippen LogP contribution < -0.4 is 5.32 Å². The van der Waals surface area contributed by atoms with Crippen LogP contribution in [-0.2, 0) is 17.9 Å². The van der Waals surface area contributed by atoms with Gasteiger partial charge in [-0.2, -0.15) is 0 Å². The van der Waals surface area contributed by atoms with E-state index in [1.54, 1.807) is 0 Å². The molecule has 1 amide bonds. The first-order valence-corrected chi connectivity index (χ1v) is 10.9. The molecule has 154 valence electrons. The molecule has 0 bridgehead atoms. The molecule has 0 aromatic heterocycles. The topological polar surface area (TPSA) is 52.6 Å². The van der Waals surface area contributed by atoms with Gasteiger partial charge in [-0.05, 0) is 50.2 Å². The number of nitrogens with one attached hydrogen (secondary N) is 1. The summed E-state index contributed by atoms with van der Waals surface area (Å²) in [6.07, 6.45) is 0.0261. The van der Waals surface area contributed by atoms with Crippen LogP contribution in [-0.4, -0.2) is 34.6 Å². The molecule has 0 radical (unpaired) electrons. The molecule has 2 aliphatic heterocycles. The summed E-state index contributed by atoms with van der Waals surface area (Å²) < 4.78 is 0. The first-order chi connectivity index (χ1) is 15.2. The van der Waals surface area contributed by atoms with Gasteiger partial charge in [-0.15, -0.1) is 0 Å². The van der Waals surface area contributed by atoms with Crippen molar-refractivity contribution in [3.8, 4) is 11.1 Å². The number of β-amino-alcohol motifs (C(OH)–C–C–N with tert-alkyl or cyclic N) is 1. The van der Waals surface area contributed by atoms with E-state index in [2.05, 4.69) is 78.1 Å². The normalized spacial score (nSPS) is 20.5. The van der Waals surface area contributed by atoms with Gasteiger partial charge in [-0.3, -0.25) is 4.79 Å². The minimum absolute atomic E-state index is 0.0664. The van der Waals surface area contributed by atoms with Crippen molar-refractivity contribution in [3.05, 3.63) is 83.9 Å². The monoisotopic (exact) mass is 408 g/mol.